The molecule has 4 rings (SSSR count). The molecule has 0 amide bonds. The number of rotatable bonds is 9. The van der Waals surface area contributed by atoms with E-state index in [4.69, 9.17) is 0 Å². The third kappa shape index (κ3) is 5.80. The Morgan fingerprint density at radius 1 is 0.903 bits per heavy atom. The van der Waals surface area contributed by atoms with Gasteiger partial charge in [0.05, 0.1) is 16.8 Å². The molecule has 1 N–H and O–H groups in total. The van der Waals surface area contributed by atoms with Gasteiger partial charge in [-0.2, -0.15) is 5.10 Å². The molecule has 164 valence electrons. The van der Waals surface area contributed by atoms with Gasteiger partial charge >= 0.3 is 0 Å². The lowest BCUT2D eigenvalue weighted by molar-refractivity contribution is 0.249. The second-order valence-electron chi connectivity index (χ2n) is 7.50. The van der Waals surface area contributed by atoms with Crippen molar-refractivity contribution in [3.05, 3.63) is 61.2 Å². The SMILES string of the molecule is O=S(=O)(Nc1cnn(CCCCN2CCN(c3ncccn3)CC2)c1)c1ccccc1. The minimum Gasteiger partial charge on any atom is -0.338 e. The summed E-state index contributed by atoms with van der Waals surface area (Å²) >= 11 is 0. The highest BCUT2D eigenvalue weighted by molar-refractivity contribution is 7.92. The highest BCUT2D eigenvalue weighted by Crippen LogP contribution is 2.15. The van der Waals surface area contributed by atoms with E-state index in [0.717, 1.165) is 58.1 Å². The summed E-state index contributed by atoms with van der Waals surface area (Å²) in [5, 5.41) is 4.28. The van der Waals surface area contributed by atoms with E-state index >= 15 is 0 Å². The van der Waals surface area contributed by atoms with Gasteiger partial charge in [0.2, 0.25) is 5.95 Å². The van der Waals surface area contributed by atoms with Crippen LogP contribution in [0.4, 0.5) is 11.6 Å². The lowest BCUT2D eigenvalue weighted by Crippen LogP contribution is -2.47. The average Bonchev–Trinajstić information content (AvgIpc) is 3.25. The number of hydrogen-bond acceptors (Lipinski definition) is 7. The van der Waals surface area contributed by atoms with Gasteiger partial charge in [-0.1, -0.05) is 18.2 Å². The van der Waals surface area contributed by atoms with E-state index in [1.54, 1.807) is 59.8 Å². The lowest BCUT2D eigenvalue weighted by atomic mass is 10.2. The fourth-order valence-electron chi connectivity index (χ4n) is 3.59. The topological polar surface area (TPSA) is 96.2 Å². The maximum absolute atomic E-state index is 12.4. The van der Waals surface area contributed by atoms with Crippen LogP contribution in [0.15, 0.2) is 66.1 Å². The Morgan fingerprint density at radius 3 is 2.35 bits per heavy atom. The molecule has 0 unspecified atom stereocenters. The Labute approximate surface area is 182 Å². The van der Waals surface area contributed by atoms with E-state index in [1.807, 2.05) is 6.07 Å². The van der Waals surface area contributed by atoms with Crippen LogP contribution >= 0.6 is 0 Å². The average molecular weight is 442 g/mol. The molecule has 0 radical (unpaired) electrons. The second-order valence-corrected chi connectivity index (χ2v) is 9.18. The number of nitrogens with zero attached hydrogens (tertiary/aromatic N) is 6. The fraction of sp³-hybridized carbons (Fsp3) is 0.381. The number of sulfonamides is 1. The van der Waals surface area contributed by atoms with Gasteiger partial charge in [-0.3, -0.25) is 14.3 Å². The molecule has 0 atom stereocenters. The van der Waals surface area contributed by atoms with E-state index < -0.39 is 10.0 Å². The molecule has 1 aromatic carbocycles. The number of anilines is 2. The van der Waals surface area contributed by atoms with Crippen molar-refractivity contribution in [1.29, 1.82) is 0 Å². The maximum Gasteiger partial charge on any atom is 0.261 e. The zero-order chi connectivity index (χ0) is 21.5. The minimum atomic E-state index is -3.59. The molecular weight excluding hydrogens is 414 g/mol. The molecule has 3 heterocycles. The van der Waals surface area contributed by atoms with Crippen LogP contribution in [0.1, 0.15) is 12.8 Å². The number of hydrogen-bond donors (Lipinski definition) is 1. The van der Waals surface area contributed by atoms with E-state index in [-0.39, 0.29) is 4.90 Å². The van der Waals surface area contributed by atoms with Gasteiger partial charge in [0, 0.05) is 51.3 Å². The van der Waals surface area contributed by atoms with Crippen LogP contribution in [0, 0.1) is 0 Å². The molecule has 31 heavy (non-hydrogen) atoms. The van der Waals surface area contributed by atoms with Gasteiger partial charge < -0.3 is 4.90 Å². The predicted octanol–water partition coefficient (Wildman–Crippen LogP) is 2.08. The van der Waals surface area contributed by atoms with E-state index in [2.05, 4.69) is 29.6 Å². The summed E-state index contributed by atoms with van der Waals surface area (Å²) in [4.78, 5) is 13.6. The smallest absolute Gasteiger partial charge is 0.261 e. The van der Waals surface area contributed by atoms with Crippen molar-refractivity contribution in [2.24, 2.45) is 0 Å². The van der Waals surface area contributed by atoms with E-state index in [1.165, 1.54) is 0 Å². The first-order valence-electron chi connectivity index (χ1n) is 10.4. The Kier molecular flexibility index (Phi) is 6.78. The fourth-order valence-corrected chi connectivity index (χ4v) is 4.64. The van der Waals surface area contributed by atoms with Crippen molar-refractivity contribution in [2.75, 3.05) is 42.3 Å². The van der Waals surface area contributed by atoms with Gasteiger partial charge in [-0.25, -0.2) is 18.4 Å². The first kappa shape index (κ1) is 21.3. The summed E-state index contributed by atoms with van der Waals surface area (Å²) in [5.74, 6) is 0.805. The number of aryl methyl sites for hydroxylation is 1. The maximum atomic E-state index is 12.4. The van der Waals surface area contributed by atoms with E-state index in [9.17, 15) is 8.42 Å². The summed E-state index contributed by atoms with van der Waals surface area (Å²) < 4.78 is 29.2. The van der Waals surface area contributed by atoms with Gasteiger partial charge in [0.15, 0.2) is 0 Å². The van der Waals surface area contributed by atoms with Crippen LogP contribution in [0.25, 0.3) is 0 Å². The molecule has 10 heteroatoms. The molecule has 1 aliphatic rings. The molecule has 0 aliphatic carbocycles. The number of aromatic nitrogens is 4. The van der Waals surface area contributed by atoms with Crippen molar-refractivity contribution >= 4 is 21.7 Å². The van der Waals surface area contributed by atoms with Crippen LogP contribution < -0.4 is 9.62 Å². The molecule has 0 bridgehead atoms. The molecule has 1 fully saturated rings. The molecule has 1 saturated heterocycles. The number of piperazine rings is 1. The standard InChI is InChI=1S/C21H27N7O2S/c29-31(30,20-7-2-1-3-8-20)25-19-17-24-28(18-19)12-5-4-11-26-13-15-27(16-14-26)21-22-9-6-10-23-21/h1-3,6-10,17-18,25H,4-5,11-16H2. The van der Waals surface area contributed by atoms with Gasteiger partial charge in [-0.05, 0) is 37.6 Å². The van der Waals surface area contributed by atoms with E-state index in [0.29, 0.717) is 5.69 Å². The minimum absolute atomic E-state index is 0.238. The summed E-state index contributed by atoms with van der Waals surface area (Å²) in [5.41, 5.74) is 0.475. The summed E-state index contributed by atoms with van der Waals surface area (Å²) in [6, 6.07) is 10.2. The Balaban J connectivity index is 1.17. The Bertz CT molecular complexity index is 1050. The highest BCUT2D eigenvalue weighted by Gasteiger charge is 2.18. The van der Waals surface area contributed by atoms with Crippen LogP contribution in [0.3, 0.4) is 0 Å². The zero-order valence-corrected chi connectivity index (χ0v) is 18.2. The molecular formula is C21H27N7O2S. The Morgan fingerprint density at radius 2 is 1.61 bits per heavy atom. The van der Waals surface area contributed by atoms with Crippen LogP contribution in [0.2, 0.25) is 0 Å². The van der Waals surface area contributed by atoms with Crippen molar-refractivity contribution in [3.8, 4) is 0 Å². The normalized spacial score (nSPS) is 15.2. The number of nitrogens with one attached hydrogen (secondary N) is 1. The van der Waals surface area contributed by atoms with Crippen molar-refractivity contribution in [3.63, 3.8) is 0 Å². The zero-order valence-electron chi connectivity index (χ0n) is 17.3. The van der Waals surface area contributed by atoms with Crippen molar-refractivity contribution < 1.29 is 8.42 Å². The van der Waals surface area contributed by atoms with Gasteiger partial charge in [0.25, 0.3) is 10.0 Å². The summed E-state index contributed by atoms with van der Waals surface area (Å²) in [6.45, 7) is 5.68. The quantitative estimate of drug-likeness (QED) is 0.508. The third-order valence-corrected chi connectivity index (χ3v) is 6.65. The molecule has 3 aromatic rings. The molecule has 1 aliphatic heterocycles. The van der Waals surface area contributed by atoms with Crippen molar-refractivity contribution in [2.45, 2.75) is 24.3 Å². The Hall–Kier alpha value is -2.98. The summed E-state index contributed by atoms with van der Waals surface area (Å²) in [7, 11) is -3.59. The molecule has 9 nitrogen and oxygen atoms in total. The van der Waals surface area contributed by atoms with Crippen LogP contribution in [-0.2, 0) is 16.6 Å². The van der Waals surface area contributed by atoms with Crippen LogP contribution in [-0.4, -0.2) is 65.8 Å². The largest absolute Gasteiger partial charge is 0.338 e. The van der Waals surface area contributed by atoms with Crippen LogP contribution in [0.5, 0.6) is 0 Å². The predicted molar refractivity (Wildman–Crippen MR) is 119 cm³/mol. The number of benzene rings is 1. The summed E-state index contributed by atoms with van der Waals surface area (Å²) in [6.07, 6.45) is 8.88. The lowest BCUT2D eigenvalue weighted by Gasteiger charge is -2.34. The first-order valence-corrected chi connectivity index (χ1v) is 11.9. The highest BCUT2D eigenvalue weighted by atomic mass is 32.2. The first-order chi connectivity index (χ1) is 15.1. The molecule has 0 spiro atoms. The third-order valence-electron chi connectivity index (χ3n) is 5.26. The molecule has 0 saturated carbocycles. The number of unbranched alkanes of at least 4 members (excludes halogenated alkanes) is 1. The van der Waals surface area contributed by atoms with Crippen molar-refractivity contribution in [1.82, 2.24) is 24.6 Å². The second kappa shape index (κ2) is 9.88. The molecule has 2 aromatic heterocycles. The van der Waals surface area contributed by atoms with Gasteiger partial charge in [0.1, 0.15) is 0 Å². The monoisotopic (exact) mass is 441 g/mol. The van der Waals surface area contributed by atoms with Gasteiger partial charge in [-0.15, -0.1) is 0 Å².